The third-order valence-electron chi connectivity index (χ3n) is 2.09. The molecule has 0 radical (unpaired) electrons. The first-order valence-electron chi connectivity index (χ1n) is 5.96. The quantitative estimate of drug-likeness (QED) is 0.563. The molecule has 1 aliphatic rings. The second-order valence-corrected chi connectivity index (χ2v) is 5.55. The lowest BCUT2D eigenvalue weighted by Gasteiger charge is -2.05. The smallest absolute Gasteiger partial charge is 0.159 e. The summed E-state index contributed by atoms with van der Waals surface area (Å²) < 4.78 is 6.26. The van der Waals surface area contributed by atoms with Crippen LogP contribution in [0.4, 0.5) is 0 Å². The van der Waals surface area contributed by atoms with Crippen molar-refractivity contribution in [3.8, 4) is 0 Å². The summed E-state index contributed by atoms with van der Waals surface area (Å²) in [5.41, 5.74) is 4.04. The highest BCUT2D eigenvalue weighted by Gasteiger charge is 2.04. The van der Waals surface area contributed by atoms with E-state index in [0.717, 1.165) is 20.1 Å². The highest BCUT2D eigenvalue weighted by Crippen LogP contribution is 2.24. The molecule has 0 bridgehead atoms. The second kappa shape index (κ2) is 8.70. The van der Waals surface area contributed by atoms with Crippen LogP contribution in [-0.4, -0.2) is 12.1 Å². The van der Waals surface area contributed by atoms with E-state index in [1.807, 2.05) is 50.3 Å². The first-order valence-corrected chi connectivity index (χ1v) is 7.57. The molecular weight excluding hydrogens is 322 g/mol. The number of nitrogens with zero attached hydrogens (tertiary/aromatic N) is 1. The van der Waals surface area contributed by atoms with Crippen molar-refractivity contribution in [1.29, 1.82) is 0 Å². The number of aromatic nitrogens is 1. The zero-order chi connectivity index (χ0) is 14.1. The molecule has 1 aliphatic carbocycles. The first-order chi connectivity index (χ1) is 9.29. The van der Waals surface area contributed by atoms with E-state index in [1.165, 1.54) is 0 Å². The molecule has 0 atom stereocenters. The topological polar surface area (TPSA) is 22.1 Å². The fraction of sp³-hybridized carbons (Fsp3) is 0.200. The minimum Gasteiger partial charge on any atom is -0.496 e. The summed E-state index contributed by atoms with van der Waals surface area (Å²) in [7, 11) is 1.66. The summed E-state index contributed by atoms with van der Waals surface area (Å²) in [5.74, 6) is 0.800. The average Bonchev–Trinajstić information content (AvgIpc) is 2.70. The van der Waals surface area contributed by atoms with Crippen LogP contribution in [0.25, 0.3) is 6.08 Å². The Morgan fingerprint density at radius 2 is 2.21 bits per heavy atom. The van der Waals surface area contributed by atoms with Gasteiger partial charge in [-0.05, 0) is 34.2 Å². The minimum absolute atomic E-state index is 0.800. The van der Waals surface area contributed by atoms with Gasteiger partial charge in [0.15, 0.2) is 3.92 Å². The van der Waals surface area contributed by atoms with E-state index in [0.29, 0.717) is 0 Å². The van der Waals surface area contributed by atoms with Gasteiger partial charge in [-0.25, -0.2) is 4.98 Å². The fourth-order valence-corrected chi connectivity index (χ4v) is 2.56. The molecule has 0 aromatic carbocycles. The third kappa shape index (κ3) is 5.03. The van der Waals surface area contributed by atoms with Crippen LogP contribution in [0.1, 0.15) is 18.7 Å². The van der Waals surface area contributed by atoms with Crippen molar-refractivity contribution in [2.45, 2.75) is 13.8 Å². The highest BCUT2D eigenvalue weighted by atomic mass is 79.9. The summed E-state index contributed by atoms with van der Waals surface area (Å²) >= 11 is 4.90. The number of halogens is 1. The Bertz CT molecular complexity index is 560. The van der Waals surface area contributed by atoms with Gasteiger partial charge in [-0.3, -0.25) is 0 Å². The standard InChI is InChI=1S/C13H10BrNOS.C2H6/c1-16-12(8-11-9-15-13(14)17-11)10-6-4-2-3-5-7-10;1-2/h2-4,6-9H,1H3;1-2H3/b12-8+;. The molecule has 0 unspecified atom stereocenters. The Labute approximate surface area is 126 Å². The lowest BCUT2D eigenvalue weighted by molar-refractivity contribution is 0.306. The van der Waals surface area contributed by atoms with Gasteiger partial charge in [-0.2, -0.15) is 0 Å². The van der Waals surface area contributed by atoms with Gasteiger partial charge in [-0.1, -0.05) is 32.1 Å². The molecule has 2 rings (SSSR count). The van der Waals surface area contributed by atoms with Gasteiger partial charge < -0.3 is 4.74 Å². The van der Waals surface area contributed by atoms with E-state index in [-0.39, 0.29) is 0 Å². The number of hydrogen-bond acceptors (Lipinski definition) is 3. The van der Waals surface area contributed by atoms with Crippen molar-refractivity contribution in [2.24, 2.45) is 0 Å². The first kappa shape index (κ1) is 15.7. The maximum atomic E-state index is 5.40. The lowest BCUT2D eigenvalue weighted by Crippen LogP contribution is -1.89. The van der Waals surface area contributed by atoms with Gasteiger partial charge in [0.05, 0.1) is 12.0 Å². The van der Waals surface area contributed by atoms with Crippen molar-refractivity contribution in [1.82, 2.24) is 4.98 Å². The summed E-state index contributed by atoms with van der Waals surface area (Å²) in [6.07, 6.45) is 13.4. The molecular formula is C15H16BrNOS. The minimum atomic E-state index is 0.800. The van der Waals surface area contributed by atoms with E-state index >= 15 is 0 Å². The van der Waals surface area contributed by atoms with Crippen LogP contribution in [0, 0.1) is 0 Å². The van der Waals surface area contributed by atoms with Crippen molar-refractivity contribution in [3.63, 3.8) is 0 Å². The van der Waals surface area contributed by atoms with Gasteiger partial charge >= 0.3 is 0 Å². The molecule has 4 heteroatoms. The number of hydrogen-bond donors (Lipinski definition) is 0. The Morgan fingerprint density at radius 1 is 1.42 bits per heavy atom. The zero-order valence-electron chi connectivity index (χ0n) is 11.2. The summed E-state index contributed by atoms with van der Waals surface area (Å²) in [5, 5.41) is 0. The van der Waals surface area contributed by atoms with Gasteiger partial charge in [0, 0.05) is 11.8 Å². The summed E-state index contributed by atoms with van der Waals surface area (Å²) in [4.78, 5) is 5.18. The van der Waals surface area contributed by atoms with Crippen LogP contribution in [0.15, 0.2) is 57.6 Å². The zero-order valence-corrected chi connectivity index (χ0v) is 13.6. The van der Waals surface area contributed by atoms with Crippen LogP contribution in [0.2, 0.25) is 0 Å². The number of methoxy groups -OCH3 is 1. The van der Waals surface area contributed by atoms with Crippen LogP contribution < -0.4 is 0 Å². The summed E-state index contributed by atoms with van der Waals surface area (Å²) in [6, 6.07) is 0. The fourth-order valence-electron chi connectivity index (χ4n) is 1.33. The van der Waals surface area contributed by atoms with E-state index in [9.17, 15) is 0 Å². The monoisotopic (exact) mass is 337 g/mol. The van der Waals surface area contributed by atoms with Crippen LogP contribution >= 0.6 is 27.3 Å². The maximum absolute atomic E-state index is 5.40. The Kier molecular flexibility index (Phi) is 7.19. The molecule has 0 N–H and O–H groups in total. The average molecular weight is 338 g/mol. The number of thiazole rings is 1. The van der Waals surface area contributed by atoms with Gasteiger partial charge in [0.25, 0.3) is 0 Å². The van der Waals surface area contributed by atoms with Gasteiger partial charge in [0.1, 0.15) is 5.76 Å². The van der Waals surface area contributed by atoms with Crippen molar-refractivity contribution >= 4 is 33.3 Å². The molecule has 0 spiro atoms. The number of allylic oxidation sites excluding steroid dienone is 4. The van der Waals surface area contributed by atoms with Crippen LogP contribution in [0.5, 0.6) is 0 Å². The van der Waals surface area contributed by atoms with Crippen molar-refractivity contribution in [3.05, 3.63) is 62.4 Å². The highest BCUT2D eigenvalue weighted by molar-refractivity contribution is 9.11. The summed E-state index contributed by atoms with van der Waals surface area (Å²) in [6.45, 7) is 4.00. The van der Waals surface area contributed by atoms with Crippen LogP contribution in [-0.2, 0) is 4.74 Å². The van der Waals surface area contributed by atoms with Crippen molar-refractivity contribution in [2.75, 3.05) is 7.11 Å². The number of ether oxygens (including phenoxy) is 1. The largest absolute Gasteiger partial charge is 0.496 e. The third-order valence-corrected chi connectivity index (χ3v) is 3.51. The van der Waals surface area contributed by atoms with Gasteiger partial charge in [0.2, 0.25) is 0 Å². The van der Waals surface area contributed by atoms with Crippen molar-refractivity contribution < 1.29 is 4.74 Å². The predicted molar refractivity (Wildman–Crippen MR) is 86.0 cm³/mol. The number of rotatable bonds is 3. The molecule has 19 heavy (non-hydrogen) atoms. The van der Waals surface area contributed by atoms with E-state index in [2.05, 4.69) is 26.6 Å². The Balaban J connectivity index is 0.000000861. The van der Waals surface area contributed by atoms with E-state index < -0.39 is 0 Å². The van der Waals surface area contributed by atoms with Crippen LogP contribution in [0.3, 0.4) is 0 Å². The Hall–Kier alpha value is -1.35. The molecule has 2 nitrogen and oxygen atoms in total. The SMILES string of the molecule is CC.CO/C(=C/c1cnc(Br)s1)C1=CC=CC=C=C1. The Morgan fingerprint density at radius 3 is 2.84 bits per heavy atom. The molecule has 0 saturated carbocycles. The molecule has 1 heterocycles. The molecule has 0 saturated heterocycles. The van der Waals surface area contributed by atoms with E-state index in [4.69, 9.17) is 4.74 Å². The maximum Gasteiger partial charge on any atom is 0.159 e. The molecule has 0 aliphatic heterocycles. The normalized spacial score (nSPS) is 13.5. The molecule has 0 fully saturated rings. The van der Waals surface area contributed by atoms with Gasteiger partial charge in [-0.15, -0.1) is 17.1 Å². The lowest BCUT2D eigenvalue weighted by atomic mass is 10.2. The molecule has 1 aromatic heterocycles. The predicted octanol–water partition coefficient (Wildman–Crippen LogP) is 5.13. The van der Waals surface area contributed by atoms with E-state index in [1.54, 1.807) is 24.6 Å². The molecule has 1 aromatic rings. The molecule has 100 valence electrons. The molecule has 0 amide bonds. The second-order valence-electron chi connectivity index (χ2n) is 3.21.